The van der Waals surface area contributed by atoms with Crippen molar-refractivity contribution in [2.75, 3.05) is 60.1 Å². The molecule has 0 spiro atoms. The Morgan fingerprint density at radius 2 is 1.59 bits per heavy atom. The number of carboxylic acids is 1. The lowest BCUT2D eigenvalue weighted by Crippen LogP contribution is -2.45. The lowest BCUT2D eigenvalue weighted by Gasteiger charge is -2.32. The van der Waals surface area contributed by atoms with E-state index in [0.29, 0.717) is 67.3 Å². The molecule has 4 aromatic carbocycles. The monoisotopic (exact) mass is 903 g/mol. The fraction of sp³-hybridized carbons (Fsp3) is 0.265. The number of hydrogen-bond acceptors (Lipinski definition) is 12. The van der Waals surface area contributed by atoms with Crippen molar-refractivity contribution >= 4 is 39.1 Å². The summed E-state index contributed by atoms with van der Waals surface area (Å²) in [4.78, 5) is 33.1. The molecule has 2 atom stereocenters. The normalized spacial score (nSPS) is 14.3. The molecule has 0 radical (unpaired) electrons. The second-order valence-corrected chi connectivity index (χ2v) is 16.8. The Morgan fingerprint density at radius 1 is 0.859 bits per heavy atom. The number of aliphatic hydroxyl groups excluding tert-OH is 1. The summed E-state index contributed by atoms with van der Waals surface area (Å²) in [5.74, 6) is -0.572. The van der Waals surface area contributed by atoms with Gasteiger partial charge >= 0.3 is 5.97 Å². The Bertz CT molecular complexity index is 2750. The summed E-state index contributed by atoms with van der Waals surface area (Å²) in [5.41, 5.74) is 4.58. The van der Waals surface area contributed by atoms with Crippen LogP contribution in [-0.2, 0) is 11.4 Å². The third-order valence-corrected chi connectivity index (χ3v) is 13.0. The number of carbonyl (C=O) groups is 1. The van der Waals surface area contributed by atoms with Crippen LogP contribution in [0.1, 0.15) is 22.7 Å². The maximum atomic E-state index is 14.3. The number of hydrogen-bond donors (Lipinski definition) is 2. The van der Waals surface area contributed by atoms with E-state index in [-0.39, 0.29) is 18.2 Å². The van der Waals surface area contributed by atoms with Crippen LogP contribution in [0.2, 0.25) is 5.02 Å². The van der Waals surface area contributed by atoms with Crippen molar-refractivity contribution in [2.45, 2.75) is 25.6 Å². The number of methoxy groups -OCH3 is 1. The lowest BCUT2D eigenvalue weighted by atomic mass is 9.92. The molecule has 7 aromatic rings. The summed E-state index contributed by atoms with van der Waals surface area (Å²) >= 11 is 8.44. The number of carboxylic acid groups (broad SMARTS) is 1. The van der Waals surface area contributed by atoms with E-state index in [1.165, 1.54) is 23.5 Å². The number of thiophene rings is 1. The van der Waals surface area contributed by atoms with Crippen molar-refractivity contribution < 1.29 is 38.3 Å². The van der Waals surface area contributed by atoms with E-state index in [2.05, 4.69) is 21.8 Å². The number of aliphatic hydroxyl groups is 1. The average Bonchev–Trinajstić information content (AvgIpc) is 3.71. The smallest absolute Gasteiger partial charge is 0.345 e. The van der Waals surface area contributed by atoms with E-state index in [1.54, 1.807) is 68.0 Å². The highest BCUT2D eigenvalue weighted by atomic mass is 35.5. The molecule has 330 valence electrons. The van der Waals surface area contributed by atoms with E-state index < -0.39 is 24.6 Å². The first kappa shape index (κ1) is 44.4. The molecule has 2 unspecified atom stereocenters. The molecule has 1 aliphatic rings. The summed E-state index contributed by atoms with van der Waals surface area (Å²) in [6.07, 6.45) is 1.60. The first-order chi connectivity index (χ1) is 31.1. The standard InChI is InChI=1S/C49H47ClFN5O7S/c1-30-34(16-17-41(44(30)50)61-27-26-56-24-22-55(2)23-25-56)42-43-40(19-21-53-48(43)64-46(42)31-12-14-32(51)15-13-31)63-45(49(58)59)37(28-57)35-8-4-7-11-39(35)62-29-33-18-20-52-47(54-33)36-9-5-6-10-38(36)60-3/h4-21,37,45,57H,22-29H2,1-3H3,(H,58,59). The van der Waals surface area contributed by atoms with Gasteiger partial charge < -0.3 is 34.1 Å². The van der Waals surface area contributed by atoms with Crippen LogP contribution in [0.5, 0.6) is 23.0 Å². The van der Waals surface area contributed by atoms with Crippen molar-refractivity contribution in [3.8, 4) is 56.0 Å². The molecule has 0 amide bonds. The van der Waals surface area contributed by atoms with Crippen LogP contribution in [-0.4, -0.2) is 107 Å². The number of ether oxygens (including phenoxy) is 4. The van der Waals surface area contributed by atoms with Gasteiger partial charge in [-0.2, -0.15) is 0 Å². The zero-order valence-corrected chi connectivity index (χ0v) is 37.1. The highest BCUT2D eigenvalue weighted by Gasteiger charge is 2.35. The third kappa shape index (κ3) is 9.66. The molecule has 1 fully saturated rings. The Balaban J connectivity index is 1.12. The van der Waals surface area contributed by atoms with Crippen LogP contribution < -0.4 is 18.9 Å². The Labute approximate surface area is 379 Å². The van der Waals surface area contributed by atoms with Gasteiger partial charge in [0.05, 0.1) is 41.3 Å². The van der Waals surface area contributed by atoms with E-state index in [0.717, 1.165) is 54.3 Å². The number of benzene rings is 4. The number of piperazine rings is 1. The van der Waals surface area contributed by atoms with Gasteiger partial charge in [0.2, 0.25) is 6.10 Å². The number of aromatic nitrogens is 3. The van der Waals surface area contributed by atoms with E-state index >= 15 is 0 Å². The molecular formula is C49H47ClFN5O7S. The zero-order chi connectivity index (χ0) is 44.7. The molecule has 1 saturated heterocycles. The SMILES string of the molecule is COc1ccccc1-c1nccc(COc2ccccc2C(CO)C(Oc2ccnc3sc(-c4ccc(F)cc4)c(-c4ccc(OCCN5CCN(C)CC5)c(Cl)c4C)c23)C(=O)O)n1. The number of aliphatic carboxylic acids is 1. The maximum Gasteiger partial charge on any atom is 0.345 e. The Morgan fingerprint density at radius 3 is 2.34 bits per heavy atom. The minimum absolute atomic E-state index is 0.0236. The van der Waals surface area contributed by atoms with Crippen molar-refractivity contribution in [1.29, 1.82) is 0 Å². The maximum absolute atomic E-state index is 14.3. The van der Waals surface area contributed by atoms with Crippen molar-refractivity contribution in [1.82, 2.24) is 24.8 Å². The predicted molar refractivity (Wildman–Crippen MR) is 246 cm³/mol. The van der Waals surface area contributed by atoms with E-state index in [1.807, 2.05) is 43.3 Å². The third-order valence-electron chi connectivity index (χ3n) is 11.4. The van der Waals surface area contributed by atoms with Crippen molar-refractivity contribution in [3.05, 3.63) is 137 Å². The van der Waals surface area contributed by atoms with Crippen LogP contribution in [0.3, 0.4) is 0 Å². The first-order valence-corrected chi connectivity index (χ1v) is 22.0. The fourth-order valence-corrected chi connectivity index (χ4v) is 9.26. The second-order valence-electron chi connectivity index (χ2n) is 15.4. The highest BCUT2D eigenvalue weighted by molar-refractivity contribution is 7.22. The quantitative estimate of drug-likeness (QED) is 0.0902. The average molecular weight is 904 g/mol. The van der Waals surface area contributed by atoms with Crippen LogP contribution >= 0.6 is 22.9 Å². The molecule has 0 aliphatic carbocycles. The summed E-state index contributed by atoms with van der Waals surface area (Å²) in [7, 11) is 3.70. The molecule has 0 bridgehead atoms. The number of nitrogens with zero attached hydrogens (tertiary/aromatic N) is 5. The van der Waals surface area contributed by atoms with Crippen LogP contribution in [0.25, 0.3) is 43.2 Å². The summed E-state index contributed by atoms with van der Waals surface area (Å²) in [5, 5.41) is 22.8. The number of halogens is 2. The molecule has 64 heavy (non-hydrogen) atoms. The molecule has 2 N–H and O–H groups in total. The molecule has 12 nitrogen and oxygen atoms in total. The number of pyridine rings is 1. The van der Waals surface area contributed by atoms with Gasteiger partial charge in [-0.25, -0.2) is 24.1 Å². The second kappa shape index (κ2) is 20.1. The fourth-order valence-electron chi connectivity index (χ4n) is 7.86. The Kier molecular flexibility index (Phi) is 14.0. The number of fused-ring (bicyclic) bond motifs is 1. The van der Waals surface area contributed by atoms with Crippen LogP contribution in [0.15, 0.2) is 109 Å². The largest absolute Gasteiger partial charge is 0.496 e. The highest BCUT2D eigenvalue weighted by Crippen LogP contribution is 2.50. The molecule has 4 heterocycles. The molecule has 8 rings (SSSR count). The molecule has 1 aliphatic heterocycles. The lowest BCUT2D eigenvalue weighted by molar-refractivity contribution is -0.146. The molecular weight excluding hydrogens is 857 g/mol. The zero-order valence-electron chi connectivity index (χ0n) is 35.5. The Hall–Kier alpha value is -6.16. The number of likely N-dealkylation sites (N-methyl/N-ethyl adjacent to an activating group) is 1. The van der Waals surface area contributed by atoms with Gasteiger partial charge in [-0.15, -0.1) is 11.3 Å². The van der Waals surface area contributed by atoms with Gasteiger partial charge in [0, 0.05) is 61.1 Å². The van der Waals surface area contributed by atoms with Gasteiger partial charge in [-0.3, -0.25) is 4.90 Å². The topological polar surface area (TPSA) is 140 Å². The van der Waals surface area contributed by atoms with Gasteiger partial charge in [0.15, 0.2) is 5.82 Å². The van der Waals surface area contributed by atoms with Crippen LogP contribution in [0, 0.1) is 12.7 Å². The van der Waals surface area contributed by atoms with E-state index in [4.69, 9.17) is 40.5 Å². The van der Waals surface area contributed by atoms with Crippen LogP contribution in [0.4, 0.5) is 4.39 Å². The summed E-state index contributed by atoms with van der Waals surface area (Å²) in [6, 6.07) is 27.6. The van der Waals surface area contributed by atoms with Gasteiger partial charge in [-0.1, -0.05) is 60.1 Å². The summed E-state index contributed by atoms with van der Waals surface area (Å²) < 4.78 is 38.8. The number of para-hydroxylation sites is 2. The van der Waals surface area contributed by atoms with Crippen molar-refractivity contribution in [2.24, 2.45) is 0 Å². The van der Waals surface area contributed by atoms with Gasteiger partial charge in [0.1, 0.15) is 46.9 Å². The van der Waals surface area contributed by atoms with E-state index in [9.17, 15) is 19.4 Å². The number of rotatable bonds is 17. The first-order valence-electron chi connectivity index (χ1n) is 20.8. The molecule has 15 heteroatoms. The predicted octanol–water partition coefficient (Wildman–Crippen LogP) is 9.01. The van der Waals surface area contributed by atoms with Gasteiger partial charge in [-0.05, 0) is 79.2 Å². The minimum Gasteiger partial charge on any atom is -0.496 e. The molecule has 3 aromatic heterocycles. The van der Waals surface area contributed by atoms with Crippen molar-refractivity contribution in [3.63, 3.8) is 0 Å². The van der Waals surface area contributed by atoms with Gasteiger partial charge in [0.25, 0.3) is 0 Å². The summed E-state index contributed by atoms with van der Waals surface area (Å²) in [6.45, 7) is 6.54. The molecule has 0 saturated carbocycles. The minimum atomic E-state index is -1.58.